The molecular weight excluding hydrogens is 260 g/mol. The number of rotatable bonds is 7. The van der Waals surface area contributed by atoms with Crippen molar-refractivity contribution in [3.8, 4) is 0 Å². The molecule has 0 aromatic rings. The van der Waals surface area contributed by atoms with Gasteiger partial charge in [0.15, 0.2) is 0 Å². The molecule has 124 valence electrons. The molecule has 0 radical (unpaired) electrons. The van der Waals surface area contributed by atoms with Gasteiger partial charge in [0.25, 0.3) is 0 Å². The molecule has 0 aromatic carbocycles. The van der Waals surface area contributed by atoms with Gasteiger partial charge in [0.2, 0.25) is 0 Å². The predicted octanol–water partition coefficient (Wildman–Crippen LogP) is 3.29. The SMILES string of the molecule is CC(C)NCC1(CN(C)CC2CCCOC2)CCCCC1. The molecule has 3 heteroatoms. The van der Waals surface area contributed by atoms with Crippen molar-refractivity contribution in [2.75, 3.05) is 39.9 Å². The van der Waals surface area contributed by atoms with E-state index in [-0.39, 0.29) is 0 Å². The van der Waals surface area contributed by atoms with Crippen LogP contribution in [0.1, 0.15) is 58.8 Å². The van der Waals surface area contributed by atoms with E-state index < -0.39 is 0 Å². The third-order valence-corrected chi connectivity index (χ3v) is 5.23. The maximum atomic E-state index is 5.64. The largest absolute Gasteiger partial charge is 0.381 e. The zero-order chi connectivity index (χ0) is 15.1. The summed E-state index contributed by atoms with van der Waals surface area (Å²) in [7, 11) is 2.32. The highest BCUT2D eigenvalue weighted by Gasteiger charge is 2.33. The summed E-state index contributed by atoms with van der Waals surface area (Å²) in [6.07, 6.45) is 9.67. The van der Waals surface area contributed by atoms with Crippen LogP contribution in [-0.2, 0) is 4.74 Å². The van der Waals surface area contributed by atoms with E-state index in [0.29, 0.717) is 11.5 Å². The van der Waals surface area contributed by atoms with Crippen LogP contribution in [0.15, 0.2) is 0 Å². The summed E-state index contributed by atoms with van der Waals surface area (Å²) in [4.78, 5) is 2.59. The zero-order valence-electron chi connectivity index (χ0n) is 14.5. The van der Waals surface area contributed by atoms with Crippen molar-refractivity contribution >= 4 is 0 Å². The molecule has 1 heterocycles. The molecule has 3 nitrogen and oxygen atoms in total. The van der Waals surface area contributed by atoms with Crippen LogP contribution in [0.2, 0.25) is 0 Å². The molecule has 0 spiro atoms. The standard InChI is InChI=1S/C18H36N2O/c1-16(2)19-14-18(9-5-4-6-10-18)15-20(3)12-17-8-7-11-21-13-17/h16-17,19H,4-15H2,1-3H3. The Balaban J connectivity index is 1.84. The first-order valence-electron chi connectivity index (χ1n) is 9.09. The number of hydrogen-bond donors (Lipinski definition) is 1. The summed E-state index contributed by atoms with van der Waals surface area (Å²) in [6.45, 7) is 10.1. The minimum atomic E-state index is 0.507. The second-order valence-electron chi connectivity index (χ2n) is 7.88. The Bertz CT molecular complexity index is 281. The number of ether oxygens (including phenoxy) is 1. The van der Waals surface area contributed by atoms with Crippen molar-refractivity contribution in [3.05, 3.63) is 0 Å². The second-order valence-corrected chi connectivity index (χ2v) is 7.88. The second kappa shape index (κ2) is 8.50. The third kappa shape index (κ3) is 5.88. The molecule has 21 heavy (non-hydrogen) atoms. The van der Waals surface area contributed by atoms with Crippen molar-refractivity contribution < 1.29 is 4.74 Å². The van der Waals surface area contributed by atoms with Crippen molar-refractivity contribution in [1.29, 1.82) is 0 Å². The van der Waals surface area contributed by atoms with E-state index in [0.717, 1.165) is 19.1 Å². The minimum absolute atomic E-state index is 0.507. The van der Waals surface area contributed by atoms with Gasteiger partial charge < -0.3 is 15.0 Å². The smallest absolute Gasteiger partial charge is 0.0506 e. The Hall–Kier alpha value is -0.120. The van der Waals surface area contributed by atoms with Gasteiger partial charge in [-0.05, 0) is 44.1 Å². The zero-order valence-corrected chi connectivity index (χ0v) is 14.5. The molecule has 1 N–H and O–H groups in total. The van der Waals surface area contributed by atoms with Crippen molar-refractivity contribution in [1.82, 2.24) is 10.2 Å². The maximum Gasteiger partial charge on any atom is 0.0506 e. The van der Waals surface area contributed by atoms with E-state index in [1.165, 1.54) is 64.6 Å². The third-order valence-electron chi connectivity index (χ3n) is 5.23. The monoisotopic (exact) mass is 296 g/mol. The minimum Gasteiger partial charge on any atom is -0.381 e. The fraction of sp³-hybridized carbons (Fsp3) is 1.00. The van der Waals surface area contributed by atoms with Crippen LogP contribution in [0.4, 0.5) is 0 Å². The van der Waals surface area contributed by atoms with E-state index in [2.05, 4.69) is 31.1 Å². The summed E-state index contributed by atoms with van der Waals surface area (Å²) in [6, 6.07) is 0.598. The summed E-state index contributed by atoms with van der Waals surface area (Å²) in [5.74, 6) is 0.752. The molecule has 2 rings (SSSR count). The number of nitrogens with one attached hydrogen (secondary N) is 1. The quantitative estimate of drug-likeness (QED) is 0.780. The van der Waals surface area contributed by atoms with Gasteiger partial charge in [-0.15, -0.1) is 0 Å². The van der Waals surface area contributed by atoms with Gasteiger partial charge in [0, 0.05) is 32.3 Å². The molecule has 1 saturated heterocycles. The lowest BCUT2D eigenvalue weighted by atomic mass is 9.73. The summed E-state index contributed by atoms with van der Waals surface area (Å²) >= 11 is 0. The topological polar surface area (TPSA) is 24.5 Å². The first-order chi connectivity index (χ1) is 10.1. The summed E-state index contributed by atoms with van der Waals surface area (Å²) in [5.41, 5.74) is 0.507. The van der Waals surface area contributed by atoms with Gasteiger partial charge in [0.1, 0.15) is 0 Å². The first-order valence-corrected chi connectivity index (χ1v) is 9.09. The van der Waals surface area contributed by atoms with Gasteiger partial charge >= 0.3 is 0 Å². The molecule has 2 aliphatic rings. The van der Waals surface area contributed by atoms with E-state index >= 15 is 0 Å². The Morgan fingerprint density at radius 1 is 1.19 bits per heavy atom. The maximum absolute atomic E-state index is 5.64. The molecule has 2 fully saturated rings. The Kier molecular flexibility index (Phi) is 6.97. The van der Waals surface area contributed by atoms with Gasteiger partial charge in [-0.2, -0.15) is 0 Å². The molecule has 0 amide bonds. The van der Waals surface area contributed by atoms with E-state index in [4.69, 9.17) is 4.74 Å². The number of nitrogens with zero attached hydrogens (tertiary/aromatic N) is 1. The molecule has 1 atom stereocenters. The molecule has 1 aliphatic carbocycles. The highest BCUT2D eigenvalue weighted by Crippen LogP contribution is 2.36. The van der Waals surface area contributed by atoms with E-state index in [1.54, 1.807) is 0 Å². The first kappa shape index (κ1) is 17.2. The molecule has 0 bridgehead atoms. The van der Waals surface area contributed by atoms with Crippen molar-refractivity contribution in [3.63, 3.8) is 0 Å². The van der Waals surface area contributed by atoms with Gasteiger partial charge in [-0.25, -0.2) is 0 Å². The lowest BCUT2D eigenvalue weighted by Gasteiger charge is -2.42. The van der Waals surface area contributed by atoms with Gasteiger partial charge in [-0.3, -0.25) is 0 Å². The van der Waals surface area contributed by atoms with E-state index in [9.17, 15) is 0 Å². The Morgan fingerprint density at radius 2 is 1.95 bits per heavy atom. The molecule has 0 aromatic heterocycles. The van der Waals surface area contributed by atoms with Crippen LogP contribution in [-0.4, -0.2) is 50.8 Å². The van der Waals surface area contributed by atoms with Crippen LogP contribution in [0, 0.1) is 11.3 Å². The molecular formula is C18H36N2O. The van der Waals surface area contributed by atoms with Gasteiger partial charge in [0.05, 0.1) is 6.61 Å². The van der Waals surface area contributed by atoms with Crippen molar-refractivity contribution in [2.24, 2.45) is 11.3 Å². The van der Waals surface area contributed by atoms with E-state index in [1.807, 2.05) is 0 Å². The highest BCUT2D eigenvalue weighted by atomic mass is 16.5. The number of hydrogen-bond acceptors (Lipinski definition) is 3. The van der Waals surface area contributed by atoms with Crippen LogP contribution >= 0.6 is 0 Å². The average molecular weight is 296 g/mol. The Labute approximate surface area is 131 Å². The Morgan fingerprint density at radius 3 is 2.57 bits per heavy atom. The van der Waals surface area contributed by atoms with Gasteiger partial charge in [-0.1, -0.05) is 33.1 Å². The highest BCUT2D eigenvalue weighted by molar-refractivity contribution is 4.88. The lowest BCUT2D eigenvalue weighted by molar-refractivity contribution is 0.0310. The fourth-order valence-corrected chi connectivity index (χ4v) is 4.14. The molecule has 1 unspecified atom stereocenters. The van der Waals surface area contributed by atoms with Crippen LogP contribution < -0.4 is 5.32 Å². The normalized spacial score (nSPS) is 26.4. The summed E-state index contributed by atoms with van der Waals surface area (Å²) < 4.78 is 5.64. The molecule has 1 saturated carbocycles. The fourth-order valence-electron chi connectivity index (χ4n) is 4.14. The van der Waals surface area contributed by atoms with Crippen molar-refractivity contribution in [2.45, 2.75) is 64.8 Å². The average Bonchev–Trinajstić information content (AvgIpc) is 2.47. The summed E-state index contributed by atoms with van der Waals surface area (Å²) in [5, 5.41) is 3.71. The van der Waals surface area contributed by atoms with Crippen LogP contribution in [0.3, 0.4) is 0 Å². The van der Waals surface area contributed by atoms with Crippen LogP contribution in [0.5, 0.6) is 0 Å². The molecule has 1 aliphatic heterocycles. The predicted molar refractivity (Wildman–Crippen MR) is 89.7 cm³/mol. The van der Waals surface area contributed by atoms with Crippen LogP contribution in [0.25, 0.3) is 0 Å². The lowest BCUT2D eigenvalue weighted by Crippen LogP contribution is -2.47.